The highest BCUT2D eigenvalue weighted by Gasteiger charge is 2.42. The monoisotopic (exact) mass is 330 g/mol. The molecule has 0 aliphatic carbocycles. The predicted molar refractivity (Wildman–Crippen MR) is 102 cm³/mol. The van der Waals surface area contributed by atoms with Crippen molar-refractivity contribution in [1.82, 2.24) is 0 Å². The maximum Gasteiger partial charge on any atom is 0.209 e. The van der Waals surface area contributed by atoms with Crippen LogP contribution in [0.15, 0.2) is 70.1 Å². The van der Waals surface area contributed by atoms with Crippen LogP contribution in [-0.4, -0.2) is 17.3 Å². The standard InChI is InChI=1S/C22H20NO2/c1-22(2)17-9-5-6-10-18(17)23(3)20(22)13-12-15-14-25-19-11-7-4-8-16(19)21(15)24/h4-14H,1-3H3/q+1/b13-12+. The van der Waals surface area contributed by atoms with Crippen molar-refractivity contribution in [3.8, 4) is 0 Å². The van der Waals surface area contributed by atoms with Crippen LogP contribution in [-0.2, 0) is 5.41 Å². The molecule has 3 nitrogen and oxygen atoms in total. The van der Waals surface area contributed by atoms with Gasteiger partial charge in [0, 0.05) is 17.7 Å². The highest BCUT2D eigenvalue weighted by atomic mass is 16.3. The van der Waals surface area contributed by atoms with Gasteiger partial charge in [-0.2, -0.15) is 4.58 Å². The second kappa shape index (κ2) is 5.55. The average molecular weight is 330 g/mol. The van der Waals surface area contributed by atoms with E-state index < -0.39 is 0 Å². The molecule has 25 heavy (non-hydrogen) atoms. The Hall–Kier alpha value is -2.94. The number of rotatable bonds is 2. The molecule has 0 unspecified atom stereocenters. The summed E-state index contributed by atoms with van der Waals surface area (Å²) in [7, 11) is 2.07. The van der Waals surface area contributed by atoms with Crippen LogP contribution >= 0.6 is 0 Å². The smallest absolute Gasteiger partial charge is 0.209 e. The molecule has 2 aromatic carbocycles. The van der Waals surface area contributed by atoms with E-state index in [2.05, 4.69) is 49.7 Å². The molecule has 1 aliphatic heterocycles. The van der Waals surface area contributed by atoms with Crippen molar-refractivity contribution in [3.05, 3.63) is 82.2 Å². The molecule has 0 saturated carbocycles. The van der Waals surface area contributed by atoms with Crippen LogP contribution in [0.5, 0.6) is 0 Å². The normalized spacial score (nSPS) is 16.0. The zero-order chi connectivity index (χ0) is 17.6. The maximum absolute atomic E-state index is 12.7. The van der Waals surface area contributed by atoms with Crippen molar-refractivity contribution in [3.63, 3.8) is 0 Å². The fourth-order valence-electron chi connectivity index (χ4n) is 3.68. The number of allylic oxidation sites excluding steroid dienone is 1. The van der Waals surface area contributed by atoms with Gasteiger partial charge in [-0.3, -0.25) is 4.79 Å². The summed E-state index contributed by atoms with van der Waals surface area (Å²) in [6, 6.07) is 15.7. The van der Waals surface area contributed by atoms with Crippen molar-refractivity contribution in [2.45, 2.75) is 19.3 Å². The van der Waals surface area contributed by atoms with E-state index >= 15 is 0 Å². The molecule has 0 spiro atoms. The Bertz CT molecular complexity index is 1100. The number of nitrogens with zero attached hydrogens (tertiary/aromatic N) is 1. The van der Waals surface area contributed by atoms with Crippen LogP contribution in [0, 0.1) is 0 Å². The third kappa shape index (κ3) is 2.35. The molecule has 0 amide bonds. The van der Waals surface area contributed by atoms with E-state index in [-0.39, 0.29) is 10.8 Å². The largest absolute Gasteiger partial charge is 0.463 e. The van der Waals surface area contributed by atoms with Gasteiger partial charge in [-0.1, -0.05) is 30.3 Å². The zero-order valence-electron chi connectivity index (χ0n) is 14.6. The summed E-state index contributed by atoms with van der Waals surface area (Å²) < 4.78 is 7.79. The van der Waals surface area contributed by atoms with Gasteiger partial charge in [-0.25, -0.2) is 0 Å². The fraction of sp³-hybridized carbons (Fsp3) is 0.182. The van der Waals surface area contributed by atoms with E-state index in [0.29, 0.717) is 16.5 Å². The fourth-order valence-corrected chi connectivity index (χ4v) is 3.68. The van der Waals surface area contributed by atoms with E-state index in [0.717, 1.165) is 5.71 Å². The Kier molecular flexibility index (Phi) is 3.46. The van der Waals surface area contributed by atoms with Crippen LogP contribution in [0.3, 0.4) is 0 Å². The first-order valence-electron chi connectivity index (χ1n) is 8.39. The van der Waals surface area contributed by atoms with E-state index in [4.69, 9.17) is 4.42 Å². The Morgan fingerprint density at radius 1 is 1.00 bits per heavy atom. The van der Waals surface area contributed by atoms with Crippen molar-refractivity contribution < 1.29 is 8.99 Å². The highest BCUT2D eigenvalue weighted by molar-refractivity contribution is 6.05. The third-order valence-electron chi connectivity index (χ3n) is 5.07. The molecular weight excluding hydrogens is 310 g/mol. The van der Waals surface area contributed by atoms with Crippen LogP contribution in [0.1, 0.15) is 25.0 Å². The second-order valence-corrected chi connectivity index (χ2v) is 6.94. The van der Waals surface area contributed by atoms with E-state index in [9.17, 15) is 4.79 Å². The minimum atomic E-state index is -0.112. The number of hydrogen-bond acceptors (Lipinski definition) is 2. The lowest BCUT2D eigenvalue weighted by molar-refractivity contribution is -0.401. The first-order valence-corrected chi connectivity index (χ1v) is 8.39. The molecule has 0 radical (unpaired) electrons. The average Bonchev–Trinajstić information content (AvgIpc) is 2.82. The lowest BCUT2D eigenvalue weighted by Gasteiger charge is -2.15. The van der Waals surface area contributed by atoms with Gasteiger partial charge < -0.3 is 4.42 Å². The predicted octanol–water partition coefficient (Wildman–Crippen LogP) is 4.51. The lowest BCUT2D eigenvalue weighted by Crippen LogP contribution is -2.26. The minimum Gasteiger partial charge on any atom is -0.463 e. The van der Waals surface area contributed by atoms with Gasteiger partial charge in [-0.15, -0.1) is 0 Å². The SMILES string of the molecule is C[N+]1=C(/C=C/c2coc3ccccc3c2=O)C(C)(C)c2ccccc21. The summed E-state index contributed by atoms with van der Waals surface area (Å²) in [5, 5.41) is 0.608. The molecule has 0 N–H and O–H groups in total. The summed E-state index contributed by atoms with van der Waals surface area (Å²) in [5.74, 6) is 0. The quantitative estimate of drug-likeness (QED) is 0.648. The Labute approximate surface area is 146 Å². The van der Waals surface area contributed by atoms with Gasteiger partial charge in [0.05, 0.1) is 16.4 Å². The van der Waals surface area contributed by atoms with Crippen LogP contribution in [0.25, 0.3) is 17.0 Å². The molecule has 3 heteroatoms. The molecule has 124 valence electrons. The number of para-hydroxylation sites is 2. The molecule has 0 bridgehead atoms. The van der Waals surface area contributed by atoms with Gasteiger partial charge >= 0.3 is 0 Å². The molecule has 1 aliphatic rings. The summed E-state index contributed by atoms with van der Waals surface area (Å²) in [6.07, 6.45) is 5.43. The van der Waals surface area contributed by atoms with Crippen LogP contribution in [0.4, 0.5) is 5.69 Å². The molecule has 3 aromatic rings. The summed E-state index contributed by atoms with van der Waals surface area (Å²) >= 11 is 0. The lowest BCUT2D eigenvalue weighted by atomic mass is 9.81. The van der Waals surface area contributed by atoms with Gasteiger partial charge in [0.1, 0.15) is 18.9 Å². The first kappa shape index (κ1) is 15.6. The topological polar surface area (TPSA) is 33.2 Å². The highest BCUT2D eigenvalue weighted by Crippen LogP contribution is 2.39. The molecular formula is C22H20NO2+. The van der Waals surface area contributed by atoms with Gasteiger partial charge in [0.25, 0.3) is 0 Å². The minimum absolute atomic E-state index is 0.00493. The van der Waals surface area contributed by atoms with E-state index in [1.54, 1.807) is 6.07 Å². The molecule has 2 heterocycles. The van der Waals surface area contributed by atoms with E-state index in [1.165, 1.54) is 17.5 Å². The van der Waals surface area contributed by atoms with Crippen molar-refractivity contribution in [1.29, 1.82) is 0 Å². The zero-order valence-corrected chi connectivity index (χ0v) is 14.6. The summed E-state index contributed by atoms with van der Waals surface area (Å²) in [6.45, 7) is 4.41. The van der Waals surface area contributed by atoms with Crippen LogP contribution < -0.4 is 5.43 Å². The second-order valence-electron chi connectivity index (χ2n) is 6.94. The van der Waals surface area contributed by atoms with Crippen LogP contribution in [0.2, 0.25) is 0 Å². The van der Waals surface area contributed by atoms with Crippen molar-refractivity contribution in [2.75, 3.05) is 7.05 Å². The summed E-state index contributed by atoms with van der Waals surface area (Å²) in [4.78, 5) is 12.7. The van der Waals surface area contributed by atoms with Gasteiger partial charge in [-0.05, 0) is 32.1 Å². The Morgan fingerprint density at radius 3 is 2.52 bits per heavy atom. The molecule has 0 atom stereocenters. The Morgan fingerprint density at radius 2 is 1.72 bits per heavy atom. The number of hydrogen-bond donors (Lipinski definition) is 0. The molecule has 0 saturated heterocycles. The molecule has 4 rings (SSSR count). The molecule has 1 aromatic heterocycles. The maximum atomic E-state index is 12.7. The number of benzene rings is 2. The van der Waals surface area contributed by atoms with Gasteiger partial charge in [0.2, 0.25) is 5.69 Å². The first-order chi connectivity index (χ1) is 12.0. The Balaban J connectivity index is 1.80. The van der Waals surface area contributed by atoms with E-state index in [1.807, 2.05) is 30.4 Å². The number of fused-ring (bicyclic) bond motifs is 2. The van der Waals surface area contributed by atoms with Crippen molar-refractivity contribution >= 4 is 28.4 Å². The van der Waals surface area contributed by atoms with Crippen molar-refractivity contribution in [2.24, 2.45) is 0 Å². The third-order valence-corrected chi connectivity index (χ3v) is 5.07. The molecule has 0 fully saturated rings. The van der Waals surface area contributed by atoms with Gasteiger partial charge in [0.15, 0.2) is 11.1 Å². The summed E-state index contributed by atoms with van der Waals surface area (Å²) in [5.41, 5.74) is 4.71.